The minimum absolute atomic E-state index is 0.103. The Bertz CT molecular complexity index is 486. The van der Waals surface area contributed by atoms with E-state index in [-0.39, 0.29) is 11.8 Å². The molecule has 1 fully saturated rings. The quantitative estimate of drug-likeness (QED) is 0.845. The smallest absolute Gasteiger partial charge is 0.307 e. The molecule has 0 spiro atoms. The van der Waals surface area contributed by atoms with Crippen molar-refractivity contribution in [3.8, 4) is 0 Å². The van der Waals surface area contributed by atoms with Gasteiger partial charge >= 0.3 is 5.97 Å². The second-order valence-electron chi connectivity index (χ2n) is 5.82. The fraction of sp³-hybridized carbons (Fsp3) is 0.529. The van der Waals surface area contributed by atoms with Crippen LogP contribution in [0, 0.1) is 17.8 Å². The van der Waals surface area contributed by atoms with Crippen LogP contribution in [-0.4, -0.2) is 23.5 Å². The van der Waals surface area contributed by atoms with Crippen molar-refractivity contribution in [1.29, 1.82) is 0 Å². The minimum Gasteiger partial charge on any atom is -0.481 e. The zero-order valence-corrected chi connectivity index (χ0v) is 12.4. The van der Waals surface area contributed by atoms with Crippen LogP contribution in [0.25, 0.3) is 0 Å². The van der Waals surface area contributed by atoms with E-state index in [1.165, 1.54) is 5.56 Å². The van der Waals surface area contributed by atoms with E-state index < -0.39 is 11.9 Å². The highest BCUT2D eigenvalue weighted by Gasteiger charge is 2.41. The molecule has 2 N–H and O–H groups in total. The number of carboxylic acid groups (broad SMARTS) is 1. The van der Waals surface area contributed by atoms with Crippen LogP contribution >= 0.6 is 0 Å². The van der Waals surface area contributed by atoms with Gasteiger partial charge in [-0.15, -0.1) is 0 Å². The molecule has 1 saturated carbocycles. The minimum atomic E-state index is -0.839. The van der Waals surface area contributed by atoms with Gasteiger partial charge in [-0.3, -0.25) is 9.59 Å². The first kappa shape index (κ1) is 15.5. The monoisotopic (exact) mass is 289 g/mol. The van der Waals surface area contributed by atoms with Gasteiger partial charge in [0.1, 0.15) is 0 Å². The Morgan fingerprint density at radius 1 is 1.19 bits per heavy atom. The Hall–Kier alpha value is -1.84. The molecule has 0 bridgehead atoms. The molecule has 1 aromatic carbocycles. The summed E-state index contributed by atoms with van der Waals surface area (Å²) in [6.45, 7) is 2.61. The lowest BCUT2D eigenvalue weighted by molar-refractivity contribution is -0.146. The number of rotatable bonds is 6. The summed E-state index contributed by atoms with van der Waals surface area (Å²) in [6, 6.07) is 9.95. The molecule has 3 atom stereocenters. The molecule has 1 aromatic rings. The van der Waals surface area contributed by atoms with E-state index in [4.69, 9.17) is 0 Å². The normalized spacial score (nSPS) is 24.7. The first-order valence-electron chi connectivity index (χ1n) is 7.66. The maximum Gasteiger partial charge on any atom is 0.307 e. The Kier molecular flexibility index (Phi) is 5.37. The summed E-state index contributed by atoms with van der Waals surface area (Å²) in [5.74, 6) is -1.48. The molecular formula is C17H23NO3. The number of carbonyl (C=O) groups is 2. The van der Waals surface area contributed by atoms with Crippen LogP contribution in [-0.2, 0) is 16.0 Å². The summed E-state index contributed by atoms with van der Waals surface area (Å²) in [5, 5.41) is 12.2. The van der Waals surface area contributed by atoms with Gasteiger partial charge in [0.05, 0.1) is 11.8 Å². The van der Waals surface area contributed by atoms with Crippen LogP contribution in [0.3, 0.4) is 0 Å². The maximum absolute atomic E-state index is 12.2. The zero-order valence-electron chi connectivity index (χ0n) is 12.4. The first-order chi connectivity index (χ1) is 10.1. The fourth-order valence-electron chi connectivity index (χ4n) is 3.14. The summed E-state index contributed by atoms with van der Waals surface area (Å²) in [5.41, 5.74) is 1.17. The Morgan fingerprint density at radius 3 is 2.48 bits per heavy atom. The molecule has 0 saturated heterocycles. The average Bonchev–Trinajstić information content (AvgIpc) is 2.93. The lowest BCUT2D eigenvalue weighted by atomic mass is 9.95. The number of amides is 1. The molecule has 1 amide bonds. The van der Waals surface area contributed by atoms with Gasteiger partial charge in [-0.1, -0.05) is 43.7 Å². The molecule has 4 nitrogen and oxygen atoms in total. The third kappa shape index (κ3) is 4.06. The first-order valence-corrected chi connectivity index (χ1v) is 7.66. The number of benzene rings is 1. The van der Waals surface area contributed by atoms with Gasteiger partial charge in [0, 0.05) is 6.54 Å². The van der Waals surface area contributed by atoms with Gasteiger partial charge in [0.15, 0.2) is 0 Å². The van der Waals surface area contributed by atoms with Gasteiger partial charge in [-0.05, 0) is 30.7 Å². The lowest BCUT2D eigenvalue weighted by Gasteiger charge is -2.15. The van der Waals surface area contributed by atoms with Gasteiger partial charge in [0.2, 0.25) is 5.91 Å². The number of aliphatic carboxylic acids is 1. The number of hydrogen-bond donors (Lipinski definition) is 2. The van der Waals surface area contributed by atoms with Crippen molar-refractivity contribution in [2.75, 3.05) is 6.54 Å². The van der Waals surface area contributed by atoms with Gasteiger partial charge < -0.3 is 10.4 Å². The number of hydrogen-bond acceptors (Lipinski definition) is 2. The van der Waals surface area contributed by atoms with Crippen molar-refractivity contribution in [2.45, 2.75) is 32.6 Å². The van der Waals surface area contributed by atoms with E-state index in [0.29, 0.717) is 25.3 Å². The molecule has 2 rings (SSSR count). The lowest BCUT2D eigenvalue weighted by Crippen LogP contribution is -2.36. The van der Waals surface area contributed by atoms with Crippen LogP contribution in [0.4, 0.5) is 0 Å². The van der Waals surface area contributed by atoms with Gasteiger partial charge in [-0.25, -0.2) is 0 Å². The van der Waals surface area contributed by atoms with Crippen LogP contribution < -0.4 is 5.32 Å². The molecule has 1 aliphatic carbocycles. The van der Waals surface area contributed by atoms with Gasteiger partial charge in [-0.2, -0.15) is 0 Å². The zero-order chi connectivity index (χ0) is 15.2. The maximum atomic E-state index is 12.2. The summed E-state index contributed by atoms with van der Waals surface area (Å²) < 4.78 is 0. The van der Waals surface area contributed by atoms with E-state index >= 15 is 0 Å². The molecule has 21 heavy (non-hydrogen) atoms. The van der Waals surface area contributed by atoms with E-state index in [2.05, 4.69) is 12.2 Å². The SMILES string of the molecule is CCC1C[C@H](C(=O)NCCc2ccccc2)[C@H](C(=O)O)C1. The van der Waals surface area contributed by atoms with Crippen molar-refractivity contribution < 1.29 is 14.7 Å². The van der Waals surface area contributed by atoms with Crippen molar-refractivity contribution in [2.24, 2.45) is 17.8 Å². The standard InChI is InChI=1S/C17H23NO3/c1-2-12-10-14(15(11-12)17(20)21)16(19)18-9-8-13-6-4-3-5-7-13/h3-7,12,14-15H,2,8-11H2,1H3,(H,18,19)(H,20,21)/t12?,14-,15+/m0/s1. The number of carbonyl (C=O) groups excluding carboxylic acids is 1. The van der Waals surface area contributed by atoms with Crippen LogP contribution in [0.15, 0.2) is 30.3 Å². The van der Waals surface area contributed by atoms with Crippen LogP contribution in [0.2, 0.25) is 0 Å². The molecule has 0 aliphatic heterocycles. The van der Waals surface area contributed by atoms with Crippen LogP contribution in [0.1, 0.15) is 31.7 Å². The molecule has 1 aliphatic rings. The molecular weight excluding hydrogens is 266 g/mol. The van der Waals surface area contributed by atoms with E-state index in [9.17, 15) is 14.7 Å². The number of nitrogens with one attached hydrogen (secondary N) is 1. The Balaban J connectivity index is 1.85. The Labute approximate surface area is 125 Å². The molecule has 0 aromatic heterocycles. The average molecular weight is 289 g/mol. The van der Waals surface area contributed by atoms with Crippen LogP contribution in [0.5, 0.6) is 0 Å². The second-order valence-corrected chi connectivity index (χ2v) is 5.82. The largest absolute Gasteiger partial charge is 0.481 e. The highest BCUT2D eigenvalue weighted by molar-refractivity contribution is 5.85. The topological polar surface area (TPSA) is 66.4 Å². The van der Waals surface area contributed by atoms with E-state index in [1.54, 1.807) is 0 Å². The van der Waals surface area contributed by atoms with Crippen molar-refractivity contribution in [3.63, 3.8) is 0 Å². The van der Waals surface area contributed by atoms with E-state index in [0.717, 1.165) is 12.8 Å². The third-order valence-corrected chi connectivity index (χ3v) is 4.45. The van der Waals surface area contributed by atoms with Crippen molar-refractivity contribution in [3.05, 3.63) is 35.9 Å². The summed E-state index contributed by atoms with van der Waals surface area (Å²) >= 11 is 0. The third-order valence-electron chi connectivity index (χ3n) is 4.45. The number of carboxylic acids is 1. The summed E-state index contributed by atoms with van der Waals surface area (Å²) in [4.78, 5) is 23.5. The predicted octanol–water partition coefficient (Wildman–Crippen LogP) is 2.48. The molecule has 4 heteroatoms. The summed E-state index contributed by atoms with van der Waals surface area (Å²) in [6.07, 6.45) is 3.04. The molecule has 0 radical (unpaired) electrons. The van der Waals surface area contributed by atoms with E-state index in [1.807, 2.05) is 30.3 Å². The molecule has 0 heterocycles. The highest BCUT2D eigenvalue weighted by atomic mass is 16.4. The highest BCUT2D eigenvalue weighted by Crippen LogP contribution is 2.38. The fourth-order valence-corrected chi connectivity index (χ4v) is 3.14. The van der Waals surface area contributed by atoms with Crippen molar-refractivity contribution in [1.82, 2.24) is 5.32 Å². The molecule has 1 unspecified atom stereocenters. The van der Waals surface area contributed by atoms with Crippen molar-refractivity contribution >= 4 is 11.9 Å². The summed E-state index contributed by atoms with van der Waals surface area (Å²) in [7, 11) is 0. The molecule has 114 valence electrons. The predicted molar refractivity (Wildman–Crippen MR) is 80.8 cm³/mol. The Morgan fingerprint density at radius 2 is 1.86 bits per heavy atom. The second kappa shape index (κ2) is 7.25. The van der Waals surface area contributed by atoms with Gasteiger partial charge in [0.25, 0.3) is 0 Å².